The Hall–Kier alpha value is -3.79. The minimum atomic E-state index is -0.117. The molecule has 4 aromatic carbocycles. The van der Waals surface area contributed by atoms with Crippen molar-refractivity contribution in [2.45, 2.75) is 39.3 Å². The molecule has 5 aromatic rings. The Bertz CT molecular complexity index is 1400. The average Bonchev–Trinajstić information content (AvgIpc) is 3.23. The van der Waals surface area contributed by atoms with Crippen LogP contribution in [0.25, 0.3) is 21.8 Å². The van der Waals surface area contributed by atoms with Gasteiger partial charge in [-0.15, -0.1) is 0 Å². The third-order valence-electron chi connectivity index (χ3n) is 6.14. The number of ether oxygens (including phenoxy) is 2. The first kappa shape index (κ1) is 22.0. The minimum absolute atomic E-state index is 0.117. The summed E-state index contributed by atoms with van der Waals surface area (Å²) >= 11 is 0. The van der Waals surface area contributed by atoms with Crippen LogP contribution in [0.4, 0.5) is 0 Å². The predicted molar refractivity (Wildman–Crippen MR) is 139 cm³/mol. The summed E-state index contributed by atoms with van der Waals surface area (Å²) in [6.07, 6.45) is 1.59. The van der Waals surface area contributed by atoms with Crippen LogP contribution in [0, 0.1) is 6.92 Å². The Morgan fingerprint density at radius 1 is 0.882 bits per heavy atom. The molecule has 1 unspecified atom stereocenters. The fourth-order valence-electron chi connectivity index (χ4n) is 4.47. The Labute approximate surface area is 200 Å². The molecule has 0 N–H and O–H groups in total. The molecule has 5 rings (SSSR count). The molecule has 0 saturated heterocycles. The summed E-state index contributed by atoms with van der Waals surface area (Å²) < 4.78 is 14.9. The highest BCUT2D eigenvalue weighted by atomic mass is 16.5. The molecule has 34 heavy (non-hydrogen) atoms. The number of rotatable bonds is 9. The molecule has 0 radical (unpaired) electrons. The molecule has 1 aromatic heterocycles. The van der Waals surface area contributed by atoms with Crippen LogP contribution in [0.1, 0.15) is 37.3 Å². The van der Waals surface area contributed by atoms with Gasteiger partial charge in [0.05, 0.1) is 17.6 Å². The van der Waals surface area contributed by atoms with Gasteiger partial charge in [0, 0.05) is 11.9 Å². The minimum Gasteiger partial charge on any atom is -0.493 e. The normalized spacial score (nSPS) is 12.2. The Morgan fingerprint density at radius 2 is 1.68 bits per heavy atom. The van der Waals surface area contributed by atoms with Gasteiger partial charge in [-0.3, -0.25) is 0 Å². The van der Waals surface area contributed by atoms with Crippen LogP contribution < -0.4 is 9.47 Å². The van der Waals surface area contributed by atoms with Gasteiger partial charge in [-0.2, -0.15) is 0 Å². The second kappa shape index (κ2) is 10.0. The summed E-state index contributed by atoms with van der Waals surface area (Å²) in [6.45, 7) is 5.68. The molecule has 0 spiro atoms. The van der Waals surface area contributed by atoms with Gasteiger partial charge in [0.15, 0.2) is 11.9 Å². The maximum absolute atomic E-state index is 6.41. The molecule has 4 heteroatoms. The predicted octanol–water partition coefficient (Wildman–Crippen LogP) is 7.50. The second-order valence-corrected chi connectivity index (χ2v) is 8.62. The number of benzene rings is 4. The first-order chi connectivity index (χ1) is 16.7. The zero-order valence-electron chi connectivity index (χ0n) is 19.8. The van der Waals surface area contributed by atoms with Crippen LogP contribution in [0.2, 0.25) is 0 Å². The summed E-state index contributed by atoms with van der Waals surface area (Å²) in [4.78, 5) is 4.98. The molecule has 172 valence electrons. The van der Waals surface area contributed by atoms with Crippen molar-refractivity contribution in [1.29, 1.82) is 0 Å². The lowest BCUT2D eigenvalue weighted by Crippen LogP contribution is -2.15. The van der Waals surface area contributed by atoms with E-state index in [0.717, 1.165) is 53.1 Å². The lowest BCUT2D eigenvalue weighted by atomic mass is 10.1. The number of para-hydroxylation sites is 2. The van der Waals surface area contributed by atoms with Gasteiger partial charge in [0.1, 0.15) is 11.5 Å². The summed E-state index contributed by atoms with van der Waals surface area (Å²) in [5.74, 6) is 2.78. The van der Waals surface area contributed by atoms with E-state index >= 15 is 0 Å². The zero-order valence-corrected chi connectivity index (χ0v) is 19.8. The van der Waals surface area contributed by atoms with Crippen LogP contribution in [-0.4, -0.2) is 16.2 Å². The second-order valence-electron chi connectivity index (χ2n) is 8.62. The largest absolute Gasteiger partial charge is 0.493 e. The number of imidazole rings is 1. The van der Waals surface area contributed by atoms with Crippen molar-refractivity contribution in [3.63, 3.8) is 0 Å². The molecule has 1 atom stereocenters. The van der Waals surface area contributed by atoms with Crippen LogP contribution in [0.15, 0.2) is 91.0 Å². The van der Waals surface area contributed by atoms with Gasteiger partial charge in [-0.05, 0) is 61.0 Å². The first-order valence-electron chi connectivity index (χ1n) is 12.0. The van der Waals surface area contributed by atoms with Gasteiger partial charge in [0.25, 0.3) is 0 Å². The Kier molecular flexibility index (Phi) is 6.48. The lowest BCUT2D eigenvalue weighted by molar-refractivity contribution is 0.185. The molecule has 4 nitrogen and oxygen atoms in total. The van der Waals surface area contributed by atoms with Crippen molar-refractivity contribution in [3.05, 3.63) is 102 Å². The van der Waals surface area contributed by atoms with E-state index in [4.69, 9.17) is 14.5 Å². The van der Waals surface area contributed by atoms with E-state index in [9.17, 15) is 0 Å². The first-order valence-corrected chi connectivity index (χ1v) is 12.0. The quantitative estimate of drug-likeness (QED) is 0.218. The molecular weight excluding hydrogens is 420 g/mol. The highest BCUT2D eigenvalue weighted by Gasteiger charge is 2.20. The third-order valence-corrected chi connectivity index (χ3v) is 6.14. The van der Waals surface area contributed by atoms with Gasteiger partial charge in [0.2, 0.25) is 0 Å². The monoisotopic (exact) mass is 450 g/mol. The van der Waals surface area contributed by atoms with Crippen molar-refractivity contribution in [2.24, 2.45) is 0 Å². The number of aromatic nitrogens is 2. The maximum Gasteiger partial charge on any atom is 0.156 e. The molecule has 0 bridgehead atoms. The van der Waals surface area contributed by atoms with Gasteiger partial charge < -0.3 is 14.0 Å². The highest BCUT2D eigenvalue weighted by Crippen LogP contribution is 2.29. The van der Waals surface area contributed by atoms with Crippen LogP contribution in [0.5, 0.6) is 11.5 Å². The molecule has 0 aliphatic carbocycles. The van der Waals surface area contributed by atoms with Gasteiger partial charge >= 0.3 is 0 Å². The number of aryl methyl sites for hydroxylation is 2. The van der Waals surface area contributed by atoms with Crippen molar-refractivity contribution in [2.75, 3.05) is 6.61 Å². The average molecular weight is 451 g/mol. The van der Waals surface area contributed by atoms with Crippen molar-refractivity contribution >= 4 is 21.8 Å². The third kappa shape index (κ3) is 4.62. The molecule has 0 aliphatic rings. The molecule has 0 aliphatic heterocycles. The number of nitrogens with zero attached hydrogens (tertiary/aromatic N) is 2. The summed E-state index contributed by atoms with van der Waals surface area (Å²) in [7, 11) is 0. The van der Waals surface area contributed by atoms with E-state index in [0.29, 0.717) is 6.61 Å². The zero-order chi connectivity index (χ0) is 23.3. The summed E-state index contributed by atoms with van der Waals surface area (Å²) in [5, 5.41) is 2.35. The smallest absolute Gasteiger partial charge is 0.156 e. The molecule has 0 fully saturated rings. The van der Waals surface area contributed by atoms with E-state index in [-0.39, 0.29) is 6.10 Å². The van der Waals surface area contributed by atoms with Crippen LogP contribution in [-0.2, 0) is 6.54 Å². The molecule has 1 heterocycles. The van der Waals surface area contributed by atoms with E-state index in [1.54, 1.807) is 0 Å². The molecular formula is C30H30N2O2. The Balaban J connectivity index is 1.35. The van der Waals surface area contributed by atoms with E-state index < -0.39 is 0 Å². The standard InChI is InChI=1S/C30H30N2O2/c1-3-28(34-24-14-8-11-22(2)21-24)30-31-26-16-6-7-17-27(26)32(30)19-10-20-33-29-18-9-13-23-12-4-5-15-25(23)29/h4-9,11-18,21,28H,3,10,19-20H2,1-2H3. The van der Waals surface area contributed by atoms with Crippen molar-refractivity contribution < 1.29 is 9.47 Å². The number of fused-ring (bicyclic) bond motifs is 2. The van der Waals surface area contributed by atoms with E-state index in [1.165, 1.54) is 10.9 Å². The summed E-state index contributed by atoms with van der Waals surface area (Å²) in [5.41, 5.74) is 3.32. The maximum atomic E-state index is 6.41. The highest BCUT2D eigenvalue weighted by molar-refractivity contribution is 5.88. The number of hydrogen-bond acceptors (Lipinski definition) is 3. The van der Waals surface area contributed by atoms with Crippen LogP contribution in [0.3, 0.4) is 0 Å². The van der Waals surface area contributed by atoms with Gasteiger partial charge in [-0.25, -0.2) is 4.98 Å². The van der Waals surface area contributed by atoms with E-state index in [2.05, 4.69) is 79.1 Å². The number of hydrogen-bond donors (Lipinski definition) is 0. The summed E-state index contributed by atoms with van der Waals surface area (Å²) in [6, 6.07) is 31.1. The topological polar surface area (TPSA) is 36.3 Å². The molecule has 0 amide bonds. The van der Waals surface area contributed by atoms with Crippen molar-refractivity contribution in [3.8, 4) is 11.5 Å². The Morgan fingerprint density at radius 3 is 2.56 bits per heavy atom. The SMILES string of the molecule is CCC(Oc1cccc(C)c1)c1nc2ccccc2n1CCCOc1cccc2ccccc12. The lowest BCUT2D eigenvalue weighted by Gasteiger charge is -2.19. The van der Waals surface area contributed by atoms with E-state index in [1.807, 2.05) is 30.3 Å². The molecule has 0 saturated carbocycles. The fraction of sp³-hybridized carbons (Fsp3) is 0.233. The van der Waals surface area contributed by atoms with Crippen molar-refractivity contribution in [1.82, 2.24) is 9.55 Å². The fourth-order valence-corrected chi connectivity index (χ4v) is 4.47. The van der Waals surface area contributed by atoms with Crippen LogP contribution >= 0.6 is 0 Å². The van der Waals surface area contributed by atoms with Gasteiger partial charge in [-0.1, -0.05) is 67.6 Å².